The van der Waals surface area contributed by atoms with Crippen LogP contribution in [-0.2, 0) is 44.1 Å². The summed E-state index contributed by atoms with van der Waals surface area (Å²) >= 11 is 5.63. The van der Waals surface area contributed by atoms with Crippen molar-refractivity contribution in [1.82, 2.24) is 0 Å². The SMILES string of the molecule is CCCCCCCCCCCCc1cccc(SP([O-])([O-])=S)c1CCCCCCCCCCCC.[Zn+2]. The van der Waals surface area contributed by atoms with E-state index >= 15 is 0 Å². The predicted molar refractivity (Wildman–Crippen MR) is 158 cm³/mol. The molecule has 0 aromatic heterocycles. The summed E-state index contributed by atoms with van der Waals surface area (Å²) in [6.07, 6.45) is 28.6. The second-order valence-corrected chi connectivity index (χ2v) is 15.9. The van der Waals surface area contributed by atoms with Crippen LogP contribution in [0.3, 0.4) is 0 Å². The summed E-state index contributed by atoms with van der Waals surface area (Å²) in [6, 6.07) is 6.18. The third kappa shape index (κ3) is 20.7. The normalized spacial score (nSPS) is 11.6. The van der Waals surface area contributed by atoms with E-state index in [1.807, 2.05) is 12.1 Å². The van der Waals surface area contributed by atoms with Crippen LogP contribution in [0.2, 0.25) is 0 Å². The molecule has 0 aliphatic carbocycles. The van der Waals surface area contributed by atoms with Crippen molar-refractivity contribution in [1.29, 1.82) is 0 Å². The summed E-state index contributed by atoms with van der Waals surface area (Å²) in [5, 5.41) is 0. The molecule has 36 heavy (non-hydrogen) atoms. The molecule has 0 aliphatic heterocycles. The summed E-state index contributed by atoms with van der Waals surface area (Å²) in [5.41, 5.74) is -1.22. The minimum Gasteiger partial charge on any atom is -0.824 e. The molecule has 2 nitrogen and oxygen atoms in total. The summed E-state index contributed by atoms with van der Waals surface area (Å²) in [4.78, 5) is 24.6. The minimum atomic E-state index is -3.80. The molecule has 1 rings (SSSR count). The Morgan fingerprint density at radius 3 is 1.42 bits per heavy atom. The van der Waals surface area contributed by atoms with E-state index in [-0.39, 0.29) is 19.5 Å². The molecule has 1 aromatic carbocycles. The first kappa shape index (κ1) is 36.8. The number of rotatable bonds is 24. The van der Waals surface area contributed by atoms with Crippen LogP contribution in [0.15, 0.2) is 23.1 Å². The van der Waals surface area contributed by atoms with E-state index in [9.17, 15) is 9.79 Å². The van der Waals surface area contributed by atoms with Gasteiger partial charge in [0, 0.05) is 4.90 Å². The van der Waals surface area contributed by atoms with Crippen molar-refractivity contribution in [2.24, 2.45) is 0 Å². The van der Waals surface area contributed by atoms with E-state index < -0.39 is 5.69 Å². The summed E-state index contributed by atoms with van der Waals surface area (Å²) in [6.45, 7) is 4.54. The number of aryl methyl sites for hydroxylation is 1. The zero-order chi connectivity index (χ0) is 25.6. The molecule has 0 radical (unpaired) electrons. The van der Waals surface area contributed by atoms with E-state index in [1.165, 1.54) is 133 Å². The van der Waals surface area contributed by atoms with Gasteiger partial charge in [-0.25, -0.2) is 0 Å². The molecular formula is C30H53O2PS2Zn. The van der Waals surface area contributed by atoms with Crippen LogP contribution < -0.4 is 9.79 Å². The standard InChI is InChI=1S/C30H55O2PS2.Zn/c1-3-5-7-9-11-13-15-17-19-21-24-28-25-23-27-30(35-33(31,32)34)29(28)26-22-20-18-16-14-12-10-8-6-4-2;/h23,25,27H,3-22,24,26H2,1-2H3,(H2,31,32,34);/q;+2/p-2. The van der Waals surface area contributed by atoms with Gasteiger partial charge in [0.2, 0.25) is 0 Å². The minimum absolute atomic E-state index is 0. The summed E-state index contributed by atoms with van der Waals surface area (Å²) < 4.78 is 0. The molecule has 0 bridgehead atoms. The quantitative estimate of drug-likeness (QED) is 0.0668. The van der Waals surface area contributed by atoms with E-state index in [4.69, 9.17) is 11.8 Å². The van der Waals surface area contributed by atoms with E-state index in [0.29, 0.717) is 0 Å². The van der Waals surface area contributed by atoms with Gasteiger partial charge < -0.3 is 9.79 Å². The molecule has 0 spiro atoms. The van der Waals surface area contributed by atoms with Gasteiger partial charge in [-0.05, 0) is 42.9 Å². The zero-order valence-electron chi connectivity index (χ0n) is 23.6. The van der Waals surface area contributed by atoms with E-state index in [1.54, 1.807) is 0 Å². The average molecular weight is 606 g/mol. The van der Waals surface area contributed by atoms with Crippen molar-refractivity contribution >= 4 is 28.9 Å². The molecule has 0 heterocycles. The molecule has 0 fully saturated rings. The van der Waals surface area contributed by atoms with Crippen molar-refractivity contribution in [2.75, 3.05) is 0 Å². The maximum atomic E-state index is 11.9. The average Bonchev–Trinajstić information content (AvgIpc) is 2.81. The van der Waals surface area contributed by atoms with Gasteiger partial charge >= 0.3 is 19.5 Å². The molecule has 0 saturated carbocycles. The van der Waals surface area contributed by atoms with Crippen molar-refractivity contribution < 1.29 is 29.3 Å². The molecule has 0 atom stereocenters. The van der Waals surface area contributed by atoms with Crippen LogP contribution in [-0.4, -0.2) is 0 Å². The Balaban J connectivity index is 0.0000122. The van der Waals surface area contributed by atoms with Crippen molar-refractivity contribution in [2.45, 2.75) is 160 Å². The van der Waals surface area contributed by atoms with Gasteiger partial charge in [0.1, 0.15) is 0 Å². The van der Waals surface area contributed by atoms with Crippen LogP contribution in [0.4, 0.5) is 0 Å². The Bertz CT molecular complexity index is 681. The fourth-order valence-corrected chi connectivity index (χ4v) is 7.61. The van der Waals surface area contributed by atoms with Gasteiger partial charge in [-0.1, -0.05) is 142 Å². The van der Waals surface area contributed by atoms with Crippen LogP contribution in [0, 0.1) is 0 Å². The first-order chi connectivity index (χ1) is 17.0. The largest absolute Gasteiger partial charge is 2.00 e. The maximum Gasteiger partial charge on any atom is 2.00 e. The number of hydrogen-bond acceptors (Lipinski definition) is 4. The molecule has 6 heteroatoms. The first-order valence-electron chi connectivity index (χ1n) is 14.8. The predicted octanol–water partition coefficient (Wildman–Crippen LogP) is 9.65. The Labute approximate surface area is 246 Å². The van der Waals surface area contributed by atoms with Crippen LogP contribution in [0.5, 0.6) is 0 Å². The second-order valence-electron chi connectivity index (χ2n) is 10.3. The van der Waals surface area contributed by atoms with Gasteiger partial charge in [-0.2, -0.15) is 5.69 Å². The van der Waals surface area contributed by atoms with Crippen LogP contribution in [0.1, 0.15) is 153 Å². The smallest absolute Gasteiger partial charge is 0.824 e. The van der Waals surface area contributed by atoms with Crippen molar-refractivity contribution in [3.05, 3.63) is 29.3 Å². The fourth-order valence-electron chi connectivity index (χ4n) is 4.93. The Morgan fingerprint density at radius 1 is 0.611 bits per heavy atom. The van der Waals surface area contributed by atoms with Crippen LogP contribution in [0.25, 0.3) is 0 Å². The summed E-state index contributed by atoms with van der Waals surface area (Å²) in [5.74, 6) is 0. The fraction of sp³-hybridized carbons (Fsp3) is 0.800. The molecule has 0 N–H and O–H groups in total. The second kappa shape index (κ2) is 24.8. The van der Waals surface area contributed by atoms with E-state index in [0.717, 1.165) is 35.5 Å². The van der Waals surface area contributed by atoms with Gasteiger partial charge in [0.25, 0.3) is 0 Å². The topological polar surface area (TPSA) is 46.1 Å². The number of hydrogen-bond donors (Lipinski definition) is 0. The molecule has 204 valence electrons. The third-order valence-electron chi connectivity index (χ3n) is 7.02. The molecule has 0 saturated heterocycles. The molecule has 0 amide bonds. The van der Waals surface area contributed by atoms with Gasteiger partial charge in [0.05, 0.1) is 0 Å². The summed E-state index contributed by atoms with van der Waals surface area (Å²) in [7, 11) is 0. The maximum absolute atomic E-state index is 11.9. The Hall–Kier alpha value is 0.763. The van der Waals surface area contributed by atoms with Crippen molar-refractivity contribution in [3.63, 3.8) is 0 Å². The zero-order valence-corrected chi connectivity index (χ0v) is 29.1. The monoisotopic (exact) mass is 604 g/mol. The van der Waals surface area contributed by atoms with Gasteiger partial charge in [-0.3, -0.25) is 0 Å². The van der Waals surface area contributed by atoms with Gasteiger partial charge in [-0.15, -0.1) is 23.2 Å². The van der Waals surface area contributed by atoms with E-state index in [2.05, 4.69) is 19.9 Å². The molecular weight excluding hydrogens is 553 g/mol. The Kier molecular flexibility index (Phi) is 25.3. The number of benzene rings is 1. The molecule has 1 aromatic rings. The Morgan fingerprint density at radius 2 is 1.00 bits per heavy atom. The van der Waals surface area contributed by atoms with Gasteiger partial charge in [0.15, 0.2) is 0 Å². The van der Waals surface area contributed by atoms with Crippen LogP contribution >= 0.6 is 17.1 Å². The molecule has 0 aliphatic rings. The molecule has 0 unspecified atom stereocenters. The number of unbranched alkanes of at least 4 members (excludes halogenated alkanes) is 18. The first-order valence-corrected chi connectivity index (χ1v) is 18.9. The van der Waals surface area contributed by atoms with Crippen molar-refractivity contribution in [3.8, 4) is 0 Å². The third-order valence-corrected chi connectivity index (χ3v) is 9.75.